The van der Waals surface area contributed by atoms with Gasteiger partial charge in [-0.15, -0.1) is 11.8 Å². The van der Waals surface area contributed by atoms with Crippen LogP contribution in [0.25, 0.3) is 0 Å². The highest BCUT2D eigenvalue weighted by atomic mass is 32.2. The first-order valence-electron chi connectivity index (χ1n) is 8.58. The number of nitrogens with one attached hydrogen (secondary N) is 1. The van der Waals surface area contributed by atoms with E-state index in [1.165, 1.54) is 23.9 Å². The molecule has 26 heavy (non-hydrogen) atoms. The zero-order chi connectivity index (χ0) is 18.5. The molecule has 138 valence electrons. The molecule has 1 fully saturated rings. The fourth-order valence-electron chi connectivity index (χ4n) is 2.98. The standard InChI is InChI=1S/C19H21FN2O3S/c1-2-5-17(23)22-16(18(24)21-11-15-8-4-9-25-15)12-26-19(22)13-6-3-7-14(20)10-13/h3-4,6-10,16,19H,2,5,11-12H2,1H3,(H,21,24). The molecule has 0 bridgehead atoms. The van der Waals surface area contributed by atoms with E-state index in [9.17, 15) is 14.0 Å². The summed E-state index contributed by atoms with van der Waals surface area (Å²) in [7, 11) is 0. The van der Waals surface area contributed by atoms with Gasteiger partial charge >= 0.3 is 0 Å². The van der Waals surface area contributed by atoms with Crippen LogP contribution in [-0.2, 0) is 16.1 Å². The predicted octanol–water partition coefficient (Wildman–Crippen LogP) is 3.48. The van der Waals surface area contributed by atoms with Crippen LogP contribution in [0.5, 0.6) is 0 Å². The van der Waals surface area contributed by atoms with Crippen molar-refractivity contribution in [2.45, 2.75) is 37.7 Å². The number of hydrogen-bond acceptors (Lipinski definition) is 4. The van der Waals surface area contributed by atoms with Crippen LogP contribution in [0.3, 0.4) is 0 Å². The number of carbonyl (C=O) groups is 2. The zero-order valence-electron chi connectivity index (χ0n) is 14.5. The maximum absolute atomic E-state index is 13.6. The van der Waals surface area contributed by atoms with E-state index in [1.807, 2.05) is 6.92 Å². The van der Waals surface area contributed by atoms with Gasteiger partial charge in [0, 0.05) is 12.2 Å². The first-order valence-corrected chi connectivity index (χ1v) is 9.63. The Balaban J connectivity index is 1.77. The highest BCUT2D eigenvalue weighted by Gasteiger charge is 2.41. The molecule has 7 heteroatoms. The lowest BCUT2D eigenvalue weighted by atomic mass is 10.1. The minimum Gasteiger partial charge on any atom is -0.467 e. The molecule has 2 amide bonds. The van der Waals surface area contributed by atoms with Gasteiger partial charge in [-0.25, -0.2) is 4.39 Å². The van der Waals surface area contributed by atoms with Gasteiger partial charge in [-0.2, -0.15) is 0 Å². The molecule has 3 rings (SSSR count). The van der Waals surface area contributed by atoms with E-state index in [0.717, 1.165) is 0 Å². The van der Waals surface area contributed by atoms with Gasteiger partial charge in [0.05, 0.1) is 12.8 Å². The van der Waals surface area contributed by atoms with Crippen LogP contribution in [0.1, 0.15) is 36.5 Å². The van der Waals surface area contributed by atoms with Gasteiger partial charge in [0.1, 0.15) is 23.0 Å². The molecular formula is C19H21FN2O3S. The second-order valence-electron chi connectivity index (χ2n) is 6.10. The third kappa shape index (κ3) is 4.09. The van der Waals surface area contributed by atoms with Crippen LogP contribution in [0.4, 0.5) is 4.39 Å². The van der Waals surface area contributed by atoms with Gasteiger partial charge in [0.2, 0.25) is 11.8 Å². The van der Waals surface area contributed by atoms with Crippen molar-refractivity contribution in [3.8, 4) is 0 Å². The van der Waals surface area contributed by atoms with Gasteiger partial charge in [0.15, 0.2) is 0 Å². The summed E-state index contributed by atoms with van der Waals surface area (Å²) in [6.45, 7) is 2.19. The number of rotatable bonds is 6. The van der Waals surface area contributed by atoms with Gasteiger partial charge in [-0.05, 0) is 36.2 Å². The molecule has 1 aliphatic heterocycles. The summed E-state index contributed by atoms with van der Waals surface area (Å²) in [4.78, 5) is 26.9. The zero-order valence-corrected chi connectivity index (χ0v) is 15.3. The Morgan fingerprint density at radius 1 is 1.35 bits per heavy atom. The van der Waals surface area contributed by atoms with Crippen molar-refractivity contribution in [1.29, 1.82) is 0 Å². The van der Waals surface area contributed by atoms with Crippen molar-refractivity contribution in [3.63, 3.8) is 0 Å². The number of benzene rings is 1. The maximum Gasteiger partial charge on any atom is 0.244 e. The Kier molecular flexibility index (Phi) is 5.98. The lowest BCUT2D eigenvalue weighted by Gasteiger charge is -2.29. The Labute approximate surface area is 155 Å². The first kappa shape index (κ1) is 18.5. The van der Waals surface area contributed by atoms with Crippen molar-refractivity contribution in [3.05, 3.63) is 59.8 Å². The molecule has 1 aromatic carbocycles. The molecule has 1 aliphatic rings. The Bertz CT molecular complexity index is 766. The molecule has 2 unspecified atom stereocenters. The van der Waals surface area contributed by atoms with Crippen LogP contribution < -0.4 is 5.32 Å². The van der Waals surface area contributed by atoms with E-state index >= 15 is 0 Å². The van der Waals surface area contributed by atoms with Crippen molar-refractivity contribution in [2.75, 3.05) is 5.75 Å². The van der Waals surface area contributed by atoms with E-state index in [4.69, 9.17) is 4.42 Å². The third-order valence-electron chi connectivity index (χ3n) is 4.21. The van der Waals surface area contributed by atoms with Crippen molar-refractivity contribution < 1.29 is 18.4 Å². The molecule has 1 saturated heterocycles. The second-order valence-corrected chi connectivity index (χ2v) is 7.22. The molecule has 0 aliphatic carbocycles. The van der Waals surface area contributed by atoms with E-state index in [2.05, 4.69) is 5.32 Å². The predicted molar refractivity (Wildman–Crippen MR) is 97.7 cm³/mol. The third-order valence-corrected chi connectivity index (χ3v) is 5.53. The van der Waals surface area contributed by atoms with Crippen molar-refractivity contribution in [1.82, 2.24) is 10.2 Å². The number of halogens is 1. The SMILES string of the molecule is CCCC(=O)N1C(C(=O)NCc2ccco2)CSC1c1cccc(F)c1. The molecule has 5 nitrogen and oxygen atoms in total. The highest BCUT2D eigenvalue weighted by molar-refractivity contribution is 7.99. The minimum atomic E-state index is -0.581. The van der Waals surface area contributed by atoms with Crippen LogP contribution in [-0.4, -0.2) is 28.5 Å². The highest BCUT2D eigenvalue weighted by Crippen LogP contribution is 2.42. The van der Waals surface area contributed by atoms with Gasteiger partial charge in [0.25, 0.3) is 0 Å². The normalized spacial score (nSPS) is 19.5. The molecule has 0 radical (unpaired) electrons. The molecule has 0 saturated carbocycles. The molecular weight excluding hydrogens is 355 g/mol. The number of furan rings is 1. The largest absolute Gasteiger partial charge is 0.467 e. The molecule has 1 aromatic heterocycles. The van der Waals surface area contributed by atoms with Crippen LogP contribution in [0.15, 0.2) is 47.1 Å². The number of amides is 2. The fraction of sp³-hybridized carbons (Fsp3) is 0.368. The average molecular weight is 376 g/mol. The molecule has 1 N–H and O–H groups in total. The number of thioether (sulfide) groups is 1. The Morgan fingerprint density at radius 2 is 2.19 bits per heavy atom. The quantitative estimate of drug-likeness (QED) is 0.838. The number of nitrogens with zero attached hydrogens (tertiary/aromatic N) is 1. The van der Waals surface area contributed by atoms with Gasteiger partial charge in [-0.3, -0.25) is 9.59 Å². The number of carbonyl (C=O) groups excluding carboxylic acids is 2. The summed E-state index contributed by atoms with van der Waals surface area (Å²) >= 11 is 1.48. The van der Waals surface area contributed by atoms with E-state index < -0.39 is 6.04 Å². The van der Waals surface area contributed by atoms with E-state index in [0.29, 0.717) is 29.9 Å². The summed E-state index contributed by atoms with van der Waals surface area (Å²) in [5, 5.41) is 2.47. The fourth-order valence-corrected chi connectivity index (χ4v) is 4.42. The van der Waals surface area contributed by atoms with E-state index in [-0.39, 0.29) is 29.6 Å². The maximum atomic E-state index is 13.6. The van der Waals surface area contributed by atoms with E-state index in [1.54, 1.807) is 35.4 Å². The lowest BCUT2D eigenvalue weighted by molar-refractivity contribution is -0.140. The van der Waals surface area contributed by atoms with Gasteiger partial charge < -0.3 is 14.6 Å². The summed E-state index contributed by atoms with van der Waals surface area (Å²) in [6, 6.07) is 9.15. The average Bonchev–Trinajstić information content (AvgIpc) is 3.29. The second kappa shape index (κ2) is 8.40. The smallest absolute Gasteiger partial charge is 0.244 e. The summed E-state index contributed by atoms with van der Waals surface area (Å²) in [5.41, 5.74) is 0.695. The Hall–Kier alpha value is -2.28. The Morgan fingerprint density at radius 3 is 2.88 bits per heavy atom. The van der Waals surface area contributed by atoms with Gasteiger partial charge in [-0.1, -0.05) is 19.1 Å². The lowest BCUT2D eigenvalue weighted by Crippen LogP contribution is -2.47. The summed E-state index contributed by atoms with van der Waals surface area (Å²) in [5.74, 6) is 0.455. The molecule has 0 spiro atoms. The van der Waals surface area contributed by atoms with Crippen LogP contribution in [0, 0.1) is 5.82 Å². The summed E-state index contributed by atoms with van der Waals surface area (Å²) in [6.07, 6.45) is 2.59. The van der Waals surface area contributed by atoms with Crippen LogP contribution >= 0.6 is 11.8 Å². The van der Waals surface area contributed by atoms with Crippen LogP contribution in [0.2, 0.25) is 0 Å². The first-order chi connectivity index (χ1) is 12.6. The topological polar surface area (TPSA) is 62.6 Å². The molecule has 2 heterocycles. The van der Waals surface area contributed by atoms with Crippen molar-refractivity contribution >= 4 is 23.6 Å². The molecule has 2 atom stereocenters. The monoisotopic (exact) mass is 376 g/mol. The summed E-state index contributed by atoms with van der Waals surface area (Å²) < 4.78 is 18.8. The molecule has 2 aromatic rings. The number of hydrogen-bond donors (Lipinski definition) is 1. The van der Waals surface area contributed by atoms with Crippen molar-refractivity contribution in [2.24, 2.45) is 0 Å². The minimum absolute atomic E-state index is 0.0927.